The van der Waals surface area contributed by atoms with Crippen LogP contribution in [0.2, 0.25) is 10.0 Å². The van der Waals surface area contributed by atoms with Crippen molar-refractivity contribution in [2.45, 2.75) is 46.3 Å². The molecule has 0 aromatic heterocycles. The Morgan fingerprint density at radius 3 is 2.54 bits per heavy atom. The number of ether oxygens (including phenoxy) is 1. The summed E-state index contributed by atoms with van der Waals surface area (Å²) in [6, 6.07) is 10.2. The lowest BCUT2D eigenvalue weighted by Crippen LogP contribution is -2.48. The van der Waals surface area contributed by atoms with Gasteiger partial charge >= 0.3 is 18.0 Å². The van der Waals surface area contributed by atoms with Crippen molar-refractivity contribution in [1.82, 2.24) is 10.2 Å². The average Bonchev–Trinajstić information content (AvgIpc) is 2.79. The maximum atomic E-state index is 13.0. The van der Waals surface area contributed by atoms with Crippen molar-refractivity contribution in [3.63, 3.8) is 0 Å². The van der Waals surface area contributed by atoms with Gasteiger partial charge in [0.15, 0.2) is 0 Å². The summed E-state index contributed by atoms with van der Waals surface area (Å²) in [5, 5.41) is 8.85. The number of hydrogen-bond donors (Lipinski definition) is 3. The number of allylic oxidation sites excluding steroid dienone is 1. The van der Waals surface area contributed by atoms with E-state index in [-0.39, 0.29) is 17.2 Å². The van der Waals surface area contributed by atoms with Gasteiger partial charge in [-0.2, -0.15) is 0 Å². The van der Waals surface area contributed by atoms with E-state index in [1.54, 1.807) is 63.2 Å². The van der Waals surface area contributed by atoms with Crippen LogP contribution in [0.15, 0.2) is 53.7 Å². The fourth-order valence-corrected chi connectivity index (χ4v) is 4.09. The van der Waals surface area contributed by atoms with E-state index in [0.717, 1.165) is 6.42 Å². The molecule has 1 unspecified atom stereocenters. The summed E-state index contributed by atoms with van der Waals surface area (Å²) < 4.78 is 5.48. The Morgan fingerprint density at radius 2 is 1.86 bits per heavy atom. The van der Waals surface area contributed by atoms with Crippen LogP contribution in [0.25, 0.3) is 0 Å². The van der Waals surface area contributed by atoms with Crippen LogP contribution in [0.4, 0.5) is 21.0 Å². The molecule has 0 bridgehead atoms. The van der Waals surface area contributed by atoms with Crippen LogP contribution in [0.3, 0.4) is 0 Å². The largest absolute Gasteiger partial charge is 0.459 e. The minimum atomic E-state index is -0.742. The minimum Gasteiger partial charge on any atom is -0.459 e. The fraction of sp³-hybridized carbons (Fsp3) is 0.320. The highest BCUT2D eigenvalue weighted by Gasteiger charge is 2.36. The number of halogens is 2. The highest BCUT2D eigenvalue weighted by Crippen LogP contribution is 2.33. The van der Waals surface area contributed by atoms with Crippen molar-refractivity contribution in [2.75, 3.05) is 17.2 Å². The Hall–Kier alpha value is -3.23. The summed E-state index contributed by atoms with van der Waals surface area (Å²) in [4.78, 5) is 39.9. The van der Waals surface area contributed by atoms with Crippen LogP contribution < -0.4 is 16.0 Å². The van der Waals surface area contributed by atoms with Gasteiger partial charge in [-0.1, -0.05) is 48.3 Å². The third-order valence-electron chi connectivity index (χ3n) is 5.28. The Labute approximate surface area is 214 Å². The standard InChI is InChI=1S/C25H28Cl2N4O4/c1-5-12-31-15(4)20(23(32)35-14(2)3)22(30-25(31)34)16-8-6-9-17(13-16)28-24(33)29-19-11-7-10-18(26)21(19)27/h6-11,13-14,22H,5,12H2,1-4H3,(H,30,34)(H2,28,29,33). The molecule has 0 spiro atoms. The van der Waals surface area contributed by atoms with Crippen molar-refractivity contribution in [2.24, 2.45) is 0 Å². The minimum absolute atomic E-state index is 0.230. The first-order valence-electron chi connectivity index (χ1n) is 11.2. The summed E-state index contributed by atoms with van der Waals surface area (Å²) in [6.07, 6.45) is 0.406. The molecule has 8 nitrogen and oxygen atoms in total. The van der Waals surface area contributed by atoms with Gasteiger partial charge in [0.2, 0.25) is 0 Å². The molecule has 10 heteroatoms. The molecule has 3 rings (SSSR count). The summed E-state index contributed by atoms with van der Waals surface area (Å²) in [7, 11) is 0. The van der Waals surface area contributed by atoms with Gasteiger partial charge < -0.3 is 20.7 Å². The van der Waals surface area contributed by atoms with Crippen LogP contribution in [-0.4, -0.2) is 35.6 Å². The van der Waals surface area contributed by atoms with Crippen molar-refractivity contribution in [1.29, 1.82) is 0 Å². The first kappa shape index (κ1) is 26.4. The number of nitrogens with one attached hydrogen (secondary N) is 3. The van der Waals surface area contributed by atoms with E-state index in [1.165, 1.54) is 4.90 Å². The van der Waals surface area contributed by atoms with Gasteiger partial charge in [-0.3, -0.25) is 4.90 Å². The Kier molecular flexibility index (Phi) is 8.64. The smallest absolute Gasteiger partial charge is 0.338 e. The SMILES string of the molecule is CCCN1C(=O)NC(c2cccc(NC(=O)Nc3cccc(Cl)c3Cl)c2)C(C(=O)OC(C)C)=C1C. The lowest BCUT2D eigenvalue weighted by molar-refractivity contribution is -0.143. The van der Waals surface area contributed by atoms with Crippen LogP contribution in [0, 0.1) is 0 Å². The maximum Gasteiger partial charge on any atom is 0.338 e. The highest BCUT2D eigenvalue weighted by molar-refractivity contribution is 6.44. The van der Waals surface area contributed by atoms with Crippen LogP contribution in [0.1, 0.15) is 45.7 Å². The van der Waals surface area contributed by atoms with Gasteiger partial charge in [0, 0.05) is 17.9 Å². The van der Waals surface area contributed by atoms with Gasteiger partial charge in [-0.15, -0.1) is 0 Å². The number of benzene rings is 2. The van der Waals surface area contributed by atoms with Crippen molar-refractivity contribution in [3.05, 3.63) is 69.3 Å². The normalized spacial score (nSPS) is 15.7. The molecule has 0 saturated carbocycles. The zero-order valence-corrected chi connectivity index (χ0v) is 21.5. The topological polar surface area (TPSA) is 99.8 Å². The molecular weight excluding hydrogens is 491 g/mol. The zero-order valence-electron chi connectivity index (χ0n) is 19.9. The number of carbonyl (C=O) groups is 3. The maximum absolute atomic E-state index is 13.0. The zero-order chi connectivity index (χ0) is 25.7. The Balaban J connectivity index is 1.89. The van der Waals surface area contributed by atoms with E-state index >= 15 is 0 Å². The number of esters is 1. The highest BCUT2D eigenvalue weighted by atomic mass is 35.5. The molecule has 0 fully saturated rings. The first-order chi connectivity index (χ1) is 16.6. The van der Waals surface area contributed by atoms with Crippen LogP contribution in [-0.2, 0) is 9.53 Å². The molecule has 1 aliphatic rings. The lowest BCUT2D eigenvalue weighted by Gasteiger charge is -2.35. The molecule has 35 heavy (non-hydrogen) atoms. The summed E-state index contributed by atoms with van der Waals surface area (Å²) in [6.45, 7) is 7.70. The van der Waals surface area contributed by atoms with Crippen LogP contribution in [0.5, 0.6) is 0 Å². The number of amides is 4. The second kappa shape index (κ2) is 11.5. The van der Waals surface area contributed by atoms with E-state index in [2.05, 4.69) is 16.0 Å². The van der Waals surface area contributed by atoms with E-state index in [1.807, 2.05) is 6.92 Å². The third kappa shape index (κ3) is 6.26. The molecule has 1 atom stereocenters. The molecule has 0 aliphatic carbocycles. The summed E-state index contributed by atoms with van der Waals surface area (Å²) in [5.41, 5.74) is 2.32. The van der Waals surface area contributed by atoms with Gasteiger partial charge in [0.1, 0.15) is 0 Å². The number of anilines is 2. The molecule has 2 aromatic rings. The van der Waals surface area contributed by atoms with Gasteiger partial charge in [0.25, 0.3) is 0 Å². The molecular formula is C25H28Cl2N4O4. The molecule has 186 valence electrons. The number of carbonyl (C=O) groups excluding carboxylic acids is 3. The monoisotopic (exact) mass is 518 g/mol. The summed E-state index contributed by atoms with van der Waals surface area (Å²) >= 11 is 12.1. The quantitative estimate of drug-likeness (QED) is 0.372. The van der Waals surface area contributed by atoms with Crippen molar-refractivity contribution < 1.29 is 19.1 Å². The molecule has 2 aromatic carbocycles. The molecule has 0 saturated heterocycles. The molecule has 1 aliphatic heterocycles. The van der Waals surface area contributed by atoms with Gasteiger partial charge in [0.05, 0.1) is 33.5 Å². The third-order valence-corrected chi connectivity index (χ3v) is 6.10. The second-order valence-electron chi connectivity index (χ2n) is 8.29. The average molecular weight is 519 g/mol. The second-order valence-corrected chi connectivity index (χ2v) is 9.08. The molecule has 0 radical (unpaired) electrons. The number of hydrogen-bond acceptors (Lipinski definition) is 4. The summed E-state index contributed by atoms with van der Waals surface area (Å²) in [5.74, 6) is -0.504. The van der Waals surface area contributed by atoms with Gasteiger partial charge in [-0.25, -0.2) is 14.4 Å². The molecule has 3 N–H and O–H groups in total. The van der Waals surface area contributed by atoms with Crippen molar-refractivity contribution >= 4 is 52.6 Å². The predicted molar refractivity (Wildman–Crippen MR) is 138 cm³/mol. The Bertz CT molecular complexity index is 1170. The number of nitrogens with zero attached hydrogens (tertiary/aromatic N) is 1. The van der Waals surface area contributed by atoms with Crippen LogP contribution >= 0.6 is 23.2 Å². The fourth-order valence-electron chi connectivity index (χ4n) is 3.75. The van der Waals surface area contributed by atoms with Crippen molar-refractivity contribution in [3.8, 4) is 0 Å². The van der Waals surface area contributed by atoms with E-state index in [9.17, 15) is 14.4 Å². The van der Waals surface area contributed by atoms with E-state index in [0.29, 0.717) is 39.8 Å². The molecule has 1 heterocycles. The lowest BCUT2D eigenvalue weighted by atomic mass is 9.94. The van der Waals surface area contributed by atoms with E-state index < -0.39 is 18.0 Å². The predicted octanol–water partition coefficient (Wildman–Crippen LogP) is 6.34. The first-order valence-corrected chi connectivity index (χ1v) is 12.0. The van der Waals surface area contributed by atoms with E-state index in [4.69, 9.17) is 27.9 Å². The Morgan fingerprint density at radius 1 is 1.14 bits per heavy atom. The number of urea groups is 2. The number of rotatable bonds is 7. The molecule has 4 amide bonds. The van der Waals surface area contributed by atoms with Gasteiger partial charge in [-0.05, 0) is 57.0 Å².